The zero-order chi connectivity index (χ0) is 20.6. The standard InChI is InChI=1S/C20H24N4O5/c1-2-28-19(26)16-8-10-23(11-9-16)18(25)14-29-20(27)17-13-24(22-21-17)12-15-6-4-3-5-7-15/h3-7,13,16H,2,8-12,14H2,1H3. The number of ether oxygens (including phenoxy) is 2. The number of nitrogens with zero attached hydrogens (tertiary/aromatic N) is 4. The van der Waals surface area contributed by atoms with Crippen LogP contribution in [0.15, 0.2) is 36.5 Å². The maximum Gasteiger partial charge on any atom is 0.361 e. The molecule has 3 rings (SSSR count). The van der Waals surface area contributed by atoms with Crippen molar-refractivity contribution in [3.63, 3.8) is 0 Å². The van der Waals surface area contributed by atoms with Crippen LogP contribution in [0.3, 0.4) is 0 Å². The monoisotopic (exact) mass is 400 g/mol. The number of hydrogen-bond donors (Lipinski definition) is 0. The molecule has 0 N–H and O–H groups in total. The molecule has 0 spiro atoms. The molecule has 2 heterocycles. The van der Waals surface area contributed by atoms with Crippen LogP contribution in [0.1, 0.15) is 35.8 Å². The summed E-state index contributed by atoms with van der Waals surface area (Å²) >= 11 is 0. The number of piperidine rings is 1. The largest absolute Gasteiger partial charge is 0.466 e. The molecule has 1 amide bonds. The summed E-state index contributed by atoms with van der Waals surface area (Å²) in [5.41, 5.74) is 1.08. The van der Waals surface area contributed by atoms with E-state index >= 15 is 0 Å². The fraction of sp³-hybridized carbons (Fsp3) is 0.450. The first-order chi connectivity index (χ1) is 14.1. The normalized spacial score (nSPS) is 14.4. The van der Waals surface area contributed by atoms with Crippen molar-refractivity contribution in [2.75, 3.05) is 26.3 Å². The topological polar surface area (TPSA) is 104 Å². The van der Waals surface area contributed by atoms with Crippen LogP contribution in [-0.4, -0.2) is 64.0 Å². The Morgan fingerprint density at radius 1 is 1.10 bits per heavy atom. The molecule has 1 aromatic carbocycles. The van der Waals surface area contributed by atoms with Gasteiger partial charge in [0.25, 0.3) is 5.91 Å². The molecular formula is C20H24N4O5. The van der Waals surface area contributed by atoms with Crippen LogP contribution in [-0.2, 0) is 25.6 Å². The van der Waals surface area contributed by atoms with Crippen molar-refractivity contribution < 1.29 is 23.9 Å². The van der Waals surface area contributed by atoms with Gasteiger partial charge in [-0.05, 0) is 25.3 Å². The van der Waals surface area contributed by atoms with E-state index in [9.17, 15) is 14.4 Å². The lowest BCUT2D eigenvalue weighted by Crippen LogP contribution is -2.42. The number of hydrogen-bond acceptors (Lipinski definition) is 7. The highest BCUT2D eigenvalue weighted by atomic mass is 16.5. The molecule has 29 heavy (non-hydrogen) atoms. The minimum absolute atomic E-state index is 0.0507. The number of benzene rings is 1. The van der Waals surface area contributed by atoms with E-state index in [0.717, 1.165) is 5.56 Å². The van der Waals surface area contributed by atoms with Gasteiger partial charge in [-0.25, -0.2) is 9.48 Å². The first kappa shape index (κ1) is 20.5. The SMILES string of the molecule is CCOC(=O)C1CCN(C(=O)COC(=O)c2cn(Cc3ccccc3)nn2)CC1. The quantitative estimate of drug-likeness (QED) is 0.645. The van der Waals surface area contributed by atoms with Gasteiger partial charge in [0.2, 0.25) is 0 Å². The third kappa shape index (κ3) is 5.63. The van der Waals surface area contributed by atoms with Crippen LogP contribution in [0.4, 0.5) is 0 Å². The minimum Gasteiger partial charge on any atom is -0.466 e. The molecule has 9 heteroatoms. The molecule has 2 aromatic rings. The lowest BCUT2D eigenvalue weighted by atomic mass is 9.97. The Hall–Kier alpha value is -3.23. The molecule has 1 aromatic heterocycles. The van der Waals surface area contributed by atoms with Gasteiger partial charge in [0.1, 0.15) is 0 Å². The van der Waals surface area contributed by atoms with E-state index in [0.29, 0.717) is 39.1 Å². The average molecular weight is 400 g/mol. The van der Waals surface area contributed by atoms with Gasteiger partial charge in [-0.1, -0.05) is 35.5 Å². The molecule has 1 aliphatic heterocycles. The van der Waals surface area contributed by atoms with Crippen LogP contribution >= 0.6 is 0 Å². The van der Waals surface area contributed by atoms with Crippen molar-refractivity contribution >= 4 is 17.8 Å². The fourth-order valence-corrected chi connectivity index (χ4v) is 3.16. The Labute approximate surface area is 168 Å². The number of carbonyl (C=O) groups is 3. The van der Waals surface area contributed by atoms with E-state index in [1.165, 1.54) is 10.9 Å². The summed E-state index contributed by atoms with van der Waals surface area (Å²) in [6, 6.07) is 9.65. The van der Waals surface area contributed by atoms with Gasteiger partial charge in [0.05, 0.1) is 25.3 Å². The second-order valence-corrected chi connectivity index (χ2v) is 6.77. The summed E-state index contributed by atoms with van der Waals surface area (Å²) in [6.07, 6.45) is 2.59. The predicted molar refractivity (Wildman–Crippen MR) is 102 cm³/mol. The summed E-state index contributed by atoms with van der Waals surface area (Å²) in [6.45, 7) is 3.11. The summed E-state index contributed by atoms with van der Waals surface area (Å²) in [5, 5.41) is 7.73. The number of carbonyl (C=O) groups excluding carboxylic acids is 3. The highest BCUT2D eigenvalue weighted by Gasteiger charge is 2.28. The molecule has 0 aliphatic carbocycles. The van der Waals surface area contributed by atoms with Crippen molar-refractivity contribution in [1.82, 2.24) is 19.9 Å². The number of likely N-dealkylation sites (tertiary alicyclic amines) is 1. The summed E-state index contributed by atoms with van der Waals surface area (Å²) in [7, 11) is 0. The Morgan fingerprint density at radius 3 is 2.52 bits per heavy atom. The lowest BCUT2D eigenvalue weighted by Gasteiger charge is -2.30. The van der Waals surface area contributed by atoms with Gasteiger partial charge < -0.3 is 14.4 Å². The van der Waals surface area contributed by atoms with Gasteiger partial charge in [0.15, 0.2) is 12.3 Å². The zero-order valence-corrected chi connectivity index (χ0v) is 16.3. The summed E-state index contributed by atoms with van der Waals surface area (Å²) in [5.74, 6) is -1.39. The van der Waals surface area contributed by atoms with Crippen molar-refractivity contribution in [2.45, 2.75) is 26.3 Å². The van der Waals surface area contributed by atoms with Gasteiger partial charge in [0, 0.05) is 13.1 Å². The van der Waals surface area contributed by atoms with Crippen molar-refractivity contribution in [3.8, 4) is 0 Å². The van der Waals surface area contributed by atoms with Gasteiger partial charge >= 0.3 is 11.9 Å². The third-order valence-electron chi connectivity index (χ3n) is 4.73. The lowest BCUT2D eigenvalue weighted by molar-refractivity contribution is -0.151. The molecule has 1 aliphatic rings. The van der Waals surface area contributed by atoms with Crippen molar-refractivity contribution in [1.29, 1.82) is 0 Å². The van der Waals surface area contributed by atoms with E-state index < -0.39 is 5.97 Å². The predicted octanol–water partition coefficient (Wildman–Crippen LogP) is 1.28. The van der Waals surface area contributed by atoms with Crippen LogP contribution in [0.25, 0.3) is 0 Å². The summed E-state index contributed by atoms with van der Waals surface area (Å²) in [4.78, 5) is 37.8. The molecule has 154 valence electrons. The highest BCUT2D eigenvalue weighted by molar-refractivity contribution is 5.89. The average Bonchev–Trinajstić information content (AvgIpc) is 3.21. The molecule has 0 unspecified atom stereocenters. The molecule has 0 radical (unpaired) electrons. The zero-order valence-electron chi connectivity index (χ0n) is 16.3. The van der Waals surface area contributed by atoms with Gasteiger partial charge in [-0.15, -0.1) is 5.10 Å². The van der Waals surface area contributed by atoms with E-state index in [1.54, 1.807) is 11.8 Å². The Kier molecular flexibility index (Phi) is 6.94. The first-order valence-corrected chi connectivity index (χ1v) is 9.62. The second-order valence-electron chi connectivity index (χ2n) is 6.77. The number of esters is 2. The molecule has 0 atom stereocenters. The molecular weight excluding hydrogens is 376 g/mol. The Morgan fingerprint density at radius 2 is 1.83 bits per heavy atom. The van der Waals surface area contributed by atoms with Crippen LogP contribution in [0, 0.1) is 5.92 Å². The summed E-state index contributed by atoms with van der Waals surface area (Å²) < 4.78 is 11.6. The third-order valence-corrected chi connectivity index (χ3v) is 4.73. The Bertz CT molecular complexity index is 844. The highest BCUT2D eigenvalue weighted by Crippen LogP contribution is 2.18. The van der Waals surface area contributed by atoms with Crippen molar-refractivity contribution in [3.05, 3.63) is 47.8 Å². The molecule has 1 saturated heterocycles. The molecule has 0 bridgehead atoms. The number of rotatable bonds is 7. The van der Waals surface area contributed by atoms with E-state index in [-0.39, 0.29) is 30.1 Å². The van der Waals surface area contributed by atoms with E-state index in [1.807, 2.05) is 30.3 Å². The fourth-order valence-electron chi connectivity index (χ4n) is 3.16. The van der Waals surface area contributed by atoms with Gasteiger partial charge in [-0.2, -0.15) is 0 Å². The van der Waals surface area contributed by atoms with Crippen LogP contribution in [0.2, 0.25) is 0 Å². The van der Waals surface area contributed by atoms with Crippen LogP contribution in [0.5, 0.6) is 0 Å². The second kappa shape index (κ2) is 9.81. The van der Waals surface area contributed by atoms with Crippen LogP contribution < -0.4 is 0 Å². The molecule has 9 nitrogen and oxygen atoms in total. The first-order valence-electron chi connectivity index (χ1n) is 9.62. The molecule has 0 saturated carbocycles. The minimum atomic E-state index is -0.695. The smallest absolute Gasteiger partial charge is 0.361 e. The number of amides is 1. The molecule has 1 fully saturated rings. The number of aromatic nitrogens is 3. The maximum absolute atomic E-state index is 12.3. The maximum atomic E-state index is 12.3. The van der Waals surface area contributed by atoms with Gasteiger partial charge in [-0.3, -0.25) is 9.59 Å². The Balaban J connectivity index is 1.44. The van der Waals surface area contributed by atoms with E-state index in [4.69, 9.17) is 9.47 Å². The van der Waals surface area contributed by atoms with Crippen molar-refractivity contribution in [2.24, 2.45) is 5.92 Å². The van der Waals surface area contributed by atoms with E-state index in [2.05, 4.69) is 10.3 Å².